The van der Waals surface area contributed by atoms with Crippen LogP contribution in [-0.2, 0) is 4.74 Å². The van der Waals surface area contributed by atoms with E-state index in [0.717, 1.165) is 6.42 Å². The molecular weight excluding hydrogens is 244 g/mol. The van der Waals surface area contributed by atoms with Crippen molar-refractivity contribution in [3.63, 3.8) is 0 Å². The number of ether oxygens (including phenoxy) is 1. The molecule has 1 fully saturated rings. The third kappa shape index (κ3) is 2.81. The average molecular weight is 264 g/mol. The number of benzene rings is 1. The second-order valence-corrected chi connectivity index (χ2v) is 5.06. The summed E-state index contributed by atoms with van der Waals surface area (Å²) in [6.07, 6.45) is 0.958. The molecule has 1 heterocycles. The highest BCUT2D eigenvalue weighted by molar-refractivity contribution is 5.99. The number of nitrogens with zero attached hydrogens (tertiary/aromatic N) is 1. The molecule has 1 aliphatic heterocycles. The zero-order chi connectivity index (χ0) is 14.0. The molecule has 0 saturated carbocycles. The predicted octanol–water partition coefficient (Wildman–Crippen LogP) is 1.47. The summed E-state index contributed by atoms with van der Waals surface area (Å²) in [7, 11) is 1.66. The summed E-state index contributed by atoms with van der Waals surface area (Å²) in [6.45, 7) is 3.37. The molecule has 3 N–H and O–H groups in total. The Labute approximate surface area is 113 Å². The number of hydrogen-bond acceptors (Lipinski definition) is 4. The quantitative estimate of drug-likeness (QED) is 0.626. The first-order valence-electron chi connectivity index (χ1n) is 6.43. The first-order valence-corrected chi connectivity index (χ1v) is 6.43. The topological polar surface area (TPSA) is 75.8 Å². The van der Waals surface area contributed by atoms with Crippen LogP contribution in [0.1, 0.15) is 23.7 Å². The predicted molar refractivity (Wildman–Crippen MR) is 73.0 cm³/mol. The number of phenolic OH excluding ortho intramolecular Hbond substituents is 1. The number of hydrogen-bond donors (Lipinski definition) is 2. The summed E-state index contributed by atoms with van der Waals surface area (Å²) in [4.78, 5) is 14.2. The molecule has 19 heavy (non-hydrogen) atoms. The van der Waals surface area contributed by atoms with Crippen LogP contribution in [0, 0.1) is 5.92 Å². The number of nitrogens with two attached hydrogens (primary N) is 1. The SMILES string of the molecule is COC1CN(C(=O)c2cc(O)ccc2N)CCC1C. The van der Waals surface area contributed by atoms with E-state index in [0.29, 0.717) is 30.3 Å². The molecule has 0 radical (unpaired) electrons. The van der Waals surface area contributed by atoms with Crippen molar-refractivity contribution in [2.45, 2.75) is 19.4 Å². The average Bonchev–Trinajstić information content (AvgIpc) is 2.41. The Balaban J connectivity index is 2.18. The molecule has 2 rings (SSSR count). The molecule has 0 spiro atoms. The van der Waals surface area contributed by atoms with Gasteiger partial charge in [0, 0.05) is 25.9 Å². The zero-order valence-electron chi connectivity index (χ0n) is 11.3. The van der Waals surface area contributed by atoms with Crippen molar-refractivity contribution in [3.8, 4) is 5.75 Å². The molecule has 1 saturated heterocycles. The fourth-order valence-electron chi connectivity index (χ4n) is 2.42. The van der Waals surface area contributed by atoms with E-state index < -0.39 is 0 Å². The molecule has 104 valence electrons. The van der Waals surface area contributed by atoms with Crippen LogP contribution >= 0.6 is 0 Å². The van der Waals surface area contributed by atoms with Gasteiger partial charge >= 0.3 is 0 Å². The molecule has 1 aliphatic rings. The fourth-order valence-corrected chi connectivity index (χ4v) is 2.42. The molecule has 0 bridgehead atoms. The smallest absolute Gasteiger partial charge is 0.256 e. The van der Waals surface area contributed by atoms with Crippen LogP contribution < -0.4 is 5.73 Å². The highest BCUT2D eigenvalue weighted by Crippen LogP contribution is 2.24. The van der Waals surface area contributed by atoms with Gasteiger partial charge in [0.25, 0.3) is 5.91 Å². The maximum atomic E-state index is 12.4. The van der Waals surface area contributed by atoms with Gasteiger partial charge in [-0.05, 0) is 30.5 Å². The Morgan fingerprint density at radius 3 is 2.95 bits per heavy atom. The maximum Gasteiger partial charge on any atom is 0.256 e. The molecular formula is C14H20N2O3. The Hall–Kier alpha value is -1.75. The lowest BCUT2D eigenvalue weighted by Gasteiger charge is -2.36. The van der Waals surface area contributed by atoms with Gasteiger partial charge < -0.3 is 20.5 Å². The largest absolute Gasteiger partial charge is 0.508 e. The number of anilines is 1. The molecule has 1 aromatic rings. The van der Waals surface area contributed by atoms with Gasteiger partial charge in [0.05, 0.1) is 11.7 Å². The summed E-state index contributed by atoms with van der Waals surface area (Å²) >= 11 is 0. The fraction of sp³-hybridized carbons (Fsp3) is 0.500. The van der Waals surface area contributed by atoms with Crippen molar-refractivity contribution in [1.29, 1.82) is 0 Å². The van der Waals surface area contributed by atoms with E-state index in [1.54, 1.807) is 18.1 Å². The molecule has 2 atom stereocenters. The summed E-state index contributed by atoms with van der Waals surface area (Å²) in [5, 5.41) is 9.47. The Kier molecular flexibility index (Phi) is 3.95. The van der Waals surface area contributed by atoms with Gasteiger partial charge in [-0.15, -0.1) is 0 Å². The lowest BCUT2D eigenvalue weighted by molar-refractivity contribution is -0.00153. The van der Waals surface area contributed by atoms with Crippen molar-refractivity contribution >= 4 is 11.6 Å². The van der Waals surface area contributed by atoms with Gasteiger partial charge in [-0.25, -0.2) is 0 Å². The van der Waals surface area contributed by atoms with E-state index in [1.807, 2.05) is 0 Å². The van der Waals surface area contributed by atoms with E-state index in [9.17, 15) is 9.90 Å². The van der Waals surface area contributed by atoms with Crippen molar-refractivity contribution in [1.82, 2.24) is 4.90 Å². The molecule has 1 aromatic carbocycles. The maximum absolute atomic E-state index is 12.4. The van der Waals surface area contributed by atoms with Crippen molar-refractivity contribution in [2.75, 3.05) is 25.9 Å². The van der Waals surface area contributed by atoms with Crippen LogP contribution in [0.15, 0.2) is 18.2 Å². The van der Waals surface area contributed by atoms with E-state index in [-0.39, 0.29) is 17.8 Å². The van der Waals surface area contributed by atoms with Crippen LogP contribution in [0.25, 0.3) is 0 Å². The van der Waals surface area contributed by atoms with Gasteiger partial charge in [0.2, 0.25) is 0 Å². The summed E-state index contributed by atoms with van der Waals surface area (Å²) < 4.78 is 5.40. The number of likely N-dealkylation sites (tertiary alicyclic amines) is 1. The van der Waals surface area contributed by atoms with Crippen molar-refractivity contribution in [3.05, 3.63) is 23.8 Å². The van der Waals surface area contributed by atoms with E-state index in [4.69, 9.17) is 10.5 Å². The number of aromatic hydroxyl groups is 1. The lowest BCUT2D eigenvalue weighted by atomic mass is 9.95. The minimum Gasteiger partial charge on any atom is -0.508 e. The monoisotopic (exact) mass is 264 g/mol. The highest BCUT2D eigenvalue weighted by Gasteiger charge is 2.29. The number of nitrogen functional groups attached to an aromatic ring is 1. The van der Waals surface area contributed by atoms with Gasteiger partial charge in [-0.1, -0.05) is 6.92 Å². The molecule has 0 aliphatic carbocycles. The zero-order valence-corrected chi connectivity index (χ0v) is 11.3. The lowest BCUT2D eigenvalue weighted by Crippen LogP contribution is -2.46. The Morgan fingerprint density at radius 1 is 1.53 bits per heavy atom. The molecule has 2 unspecified atom stereocenters. The summed E-state index contributed by atoms with van der Waals surface area (Å²) in [5.74, 6) is 0.337. The van der Waals surface area contributed by atoms with Crippen LogP contribution in [0.2, 0.25) is 0 Å². The highest BCUT2D eigenvalue weighted by atomic mass is 16.5. The second kappa shape index (κ2) is 5.48. The normalized spacial score (nSPS) is 23.4. The minimum atomic E-state index is -0.151. The molecule has 5 heteroatoms. The van der Waals surface area contributed by atoms with Crippen molar-refractivity contribution in [2.24, 2.45) is 5.92 Å². The first-order chi connectivity index (χ1) is 9.02. The third-order valence-electron chi connectivity index (χ3n) is 3.75. The first kappa shape index (κ1) is 13.7. The van der Waals surface area contributed by atoms with Crippen LogP contribution in [0.4, 0.5) is 5.69 Å². The Bertz CT molecular complexity index is 476. The van der Waals surface area contributed by atoms with Crippen molar-refractivity contribution < 1.29 is 14.6 Å². The number of piperidine rings is 1. The third-order valence-corrected chi connectivity index (χ3v) is 3.75. The number of phenols is 1. The Morgan fingerprint density at radius 2 is 2.26 bits per heavy atom. The number of carbonyl (C=O) groups excluding carboxylic acids is 1. The minimum absolute atomic E-state index is 0.0474. The van der Waals surface area contributed by atoms with E-state index >= 15 is 0 Å². The molecule has 1 amide bonds. The van der Waals surface area contributed by atoms with E-state index in [1.165, 1.54) is 12.1 Å². The van der Waals surface area contributed by atoms with Crippen LogP contribution in [0.3, 0.4) is 0 Å². The van der Waals surface area contributed by atoms with Gasteiger partial charge in [-0.3, -0.25) is 4.79 Å². The number of methoxy groups -OCH3 is 1. The van der Waals surface area contributed by atoms with Gasteiger partial charge in [-0.2, -0.15) is 0 Å². The number of carbonyl (C=O) groups is 1. The van der Waals surface area contributed by atoms with Gasteiger partial charge in [0.15, 0.2) is 0 Å². The van der Waals surface area contributed by atoms with Crippen LogP contribution in [-0.4, -0.2) is 42.2 Å². The summed E-state index contributed by atoms with van der Waals surface area (Å²) in [6, 6.07) is 4.43. The van der Waals surface area contributed by atoms with Gasteiger partial charge in [0.1, 0.15) is 5.75 Å². The summed E-state index contributed by atoms with van der Waals surface area (Å²) in [5.41, 5.74) is 6.54. The standard InChI is InChI=1S/C14H20N2O3/c1-9-5-6-16(8-13(9)19-2)14(18)11-7-10(17)3-4-12(11)15/h3-4,7,9,13,17H,5-6,8,15H2,1-2H3. The second-order valence-electron chi connectivity index (χ2n) is 5.06. The van der Waals surface area contributed by atoms with E-state index in [2.05, 4.69) is 6.92 Å². The number of amides is 1. The molecule has 0 aromatic heterocycles. The van der Waals surface area contributed by atoms with Crippen LogP contribution in [0.5, 0.6) is 5.75 Å². The molecule has 5 nitrogen and oxygen atoms in total. The number of rotatable bonds is 2.